The van der Waals surface area contributed by atoms with Gasteiger partial charge in [0.1, 0.15) is 0 Å². The highest BCUT2D eigenvalue weighted by Crippen LogP contribution is 2.02. The maximum atomic E-state index is 11.6. The van der Waals surface area contributed by atoms with Gasteiger partial charge in [0.05, 0.1) is 12.6 Å². The van der Waals surface area contributed by atoms with Crippen LogP contribution in [-0.4, -0.2) is 23.7 Å². The van der Waals surface area contributed by atoms with Gasteiger partial charge in [-0.1, -0.05) is 44.2 Å². The molecule has 0 fully saturated rings. The van der Waals surface area contributed by atoms with Gasteiger partial charge in [-0.25, -0.2) is 0 Å². The maximum Gasteiger partial charge on any atom is 0.244 e. The third-order valence-corrected chi connectivity index (χ3v) is 2.56. The summed E-state index contributed by atoms with van der Waals surface area (Å²) in [6, 6.07) is 9.43. The van der Waals surface area contributed by atoms with Gasteiger partial charge in [-0.3, -0.25) is 4.79 Å². The van der Waals surface area contributed by atoms with Gasteiger partial charge in [-0.2, -0.15) is 0 Å². The SMILES string of the molecule is CC(C)[C@@H](CO)NC(=O)/C=C/c1ccccc1. The zero-order valence-corrected chi connectivity index (χ0v) is 10.3. The number of hydrogen-bond acceptors (Lipinski definition) is 2. The minimum atomic E-state index is -0.192. The highest BCUT2D eigenvalue weighted by molar-refractivity contribution is 5.91. The molecule has 0 heterocycles. The summed E-state index contributed by atoms with van der Waals surface area (Å²) in [5.41, 5.74) is 0.979. The van der Waals surface area contributed by atoms with E-state index in [0.29, 0.717) is 0 Å². The Morgan fingerprint density at radius 2 is 2.00 bits per heavy atom. The zero-order chi connectivity index (χ0) is 12.7. The molecule has 3 heteroatoms. The van der Waals surface area contributed by atoms with Crippen LogP contribution in [0.1, 0.15) is 19.4 Å². The van der Waals surface area contributed by atoms with Crippen LogP contribution in [0, 0.1) is 5.92 Å². The monoisotopic (exact) mass is 233 g/mol. The lowest BCUT2D eigenvalue weighted by Gasteiger charge is -2.18. The van der Waals surface area contributed by atoms with E-state index in [1.54, 1.807) is 6.08 Å². The number of nitrogens with one attached hydrogen (secondary N) is 1. The lowest BCUT2D eigenvalue weighted by Crippen LogP contribution is -2.40. The van der Waals surface area contributed by atoms with E-state index in [9.17, 15) is 4.79 Å². The van der Waals surface area contributed by atoms with E-state index in [0.717, 1.165) is 5.56 Å². The molecule has 0 spiro atoms. The van der Waals surface area contributed by atoms with Crippen molar-refractivity contribution in [2.75, 3.05) is 6.61 Å². The highest BCUT2D eigenvalue weighted by Gasteiger charge is 2.12. The van der Waals surface area contributed by atoms with Crippen LogP contribution in [0.2, 0.25) is 0 Å². The maximum absolute atomic E-state index is 11.6. The van der Waals surface area contributed by atoms with Gasteiger partial charge >= 0.3 is 0 Å². The van der Waals surface area contributed by atoms with Gasteiger partial charge in [-0.05, 0) is 17.6 Å². The van der Waals surface area contributed by atoms with Crippen LogP contribution in [0.25, 0.3) is 6.08 Å². The van der Waals surface area contributed by atoms with Crippen molar-refractivity contribution in [2.24, 2.45) is 5.92 Å². The van der Waals surface area contributed by atoms with E-state index < -0.39 is 0 Å². The molecule has 0 unspecified atom stereocenters. The molecule has 1 atom stereocenters. The molecule has 0 aliphatic carbocycles. The molecule has 92 valence electrons. The number of carbonyl (C=O) groups excluding carboxylic acids is 1. The minimum Gasteiger partial charge on any atom is -0.394 e. The van der Waals surface area contributed by atoms with Crippen LogP contribution in [-0.2, 0) is 4.79 Å². The molecule has 0 saturated carbocycles. The number of hydrogen-bond donors (Lipinski definition) is 2. The van der Waals surface area contributed by atoms with E-state index >= 15 is 0 Å². The average molecular weight is 233 g/mol. The molecule has 0 radical (unpaired) electrons. The Balaban J connectivity index is 2.52. The molecule has 1 aromatic carbocycles. The molecule has 0 aromatic heterocycles. The molecule has 2 N–H and O–H groups in total. The van der Waals surface area contributed by atoms with Crippen LogP contribution in [0.5, 0.6) is 0 Å². The number of carbonyl (C=O) groups is 1. The number of amides is 1. The number of aliphatic hydroxyl groups excluding tert-OH is 1. The smallest absolute Gasteiger partial charge is 0.244 e. The second-order valence-corrected chi connectivity index (χ2v) is 4.29. The quantitative estimate of drug-likeness (QED) is 0.762. The Hall–Kier alpha value is -1.61. The van der Waals surface area contributed by atoms with Gasteiger partial charge in [0.15, 0.2) is 0 Å². The van der Waals surface area contributed by atoms with Crippen molar-refractivity contribution in [3.63, 3.8) is 0 Å². The zero-order valence-electron chi connectivity index (χ0n) is 10.3. The first-order valence-electron chi connectivity index (χ1n) is 5.78. The molecule has 0 saturated heterocycles. The summed E-state index contributed by atoms with van der Waals surface area (Å²) < 4.78 is 0. The third-order valence-electron chi connectivity index (χ3n) is 2.56. The minimum absolute atomic E-state index is 0.0391. The summed E-state index contributed by atoms with van der Waals surface area (Å²) >= 11 is 0. The Kier molecular flexibility index (Phi) is 5.43. The molecule has 3 nitrogen and oxygen atoms in total. The van der Waals surface area contributed by atoms with Crippen molar-refractivity contribution in [3.05, 3.63) is 42.0 Å². The molecule has 0 aliphatic rings. The van der Waals surface area contributed by atoms with Crippen molar-refractivity contribution in [2.45, 2.75) is 19.9 Å². The number of aliphatic hydroxyl groups is 1. The van der Waals surface area contributed by atoms with Crippen LogP contribution >= 0.6 is 0 Å². The highest BCUT2D eigenvalue weighted by atomic mass is 16.3. The fraction of sp³-hybridized carbons (Fsp3) is 0.357. The van der Waals surface area contributed by atoms with Crippen LogP contribution in [0.15, 0.2) is 36.4 Å². The first-order valence-corrected chi connectivity index (χ1v) is 5.78. The Labute approximate surface area is 102 Å². The third kappa shape index (κ3) is 4.83. The predicted octanol–water partition coefficient (Wildman–Crippen LogP) is 1.83. The first kappa shape index (κ1) is 13.5. The number of benzene rings is 1. The van der Waals surface area contributed by atoms with Gasteiger partial charge < -0.3 is 10.4 Å². The van der Waals surface area contributed by atoms with E-state index in [4.69, 9.17) is 5.11 Å². The summed E-state index contributed by atoms with van der Waals surface area (Å²) in [5, 5.41) is 11.9. The van der Waals surface area contributed by atoms with Crippen molar-refractivity contribution in [1.82, 2.24) is 5.32 Å². The summed E-state index contributed by atoms with van der Waals surface area (Å²) in [6.45, 7) is 3.88. The standard InChI is InChI=1S/C14H19NO2/c1-11(2)13(10-16)15-14(17)9-8-12-6-4-3-5-7-12/h3-9,11,13,16H,10H2,1-2H3,(H,15,17)/b9-8+/t13-/m1/s1. The molecule has 0 aliphatic heterocycles. The molecule has 17 heavy (non-hydrogen) atoms. The van der Waals surface area contributed by atoms with Crippen LogP contribution in [0.4, 0.5) is 0 Å². The van der Waals surface area contributed by atoms with E-state index in [-0.39, 0.29) is 24.5 Å². The summed E-state index contributed by atoms with van der Waals surface area (Å²) in [5.74, 6) is 0.0377. The molecule has 0 bridgehead atoms. The van der Waals surface area contributed by atoms with E-state index in [1.165, 1.54) is 6.08 Å². The van der Waals surface area contributed by atoms with Gasteiger partial charge in [0, 0.05) is 6.08 Å². The normalized spacial score (nSPS) is 12.9. The predicted molar refractivity (Wildman–Crippen MR) is 69.3 cm³/mol. The summed E-state index contributed by atoms with van der Waals surface area (Å²) in [4.78, 5) is 11.6. The largest absolute Gasteiger partial charge is 0.394 e. The lowest BCUT2D eigenvalue weighted by molar-refractivity contribution is -0.117. The van der Waals surface area contributed by atoms with E-state index in [2.05, 4.69) is 5.32 Å². The Morgan fingerprint density at radius 3 is 2.53 bits per heavy atom. The topological polar surface area (TPSA) is 49.3 Å². The second-order valence-electron chi connectivity index (χ2n) is 4.29. The molecule has 1 aromatic rings. The van der Waals surface area contributed by atoms with Crippen LogP contribution in [0.3, 0.4) is 0 Å². The lowest BCUT2D eigenvalue weighted by atomic mass is 10.1. The molecular formula is C14H19NO2. The van der Waals surface area contributed by atoms with E-state index in [1.807, 2.05) is 44.2 Å². The number of rotatable bonds is 5. The summed E-state index contributed by atoms with van der Waals surface area (Å²) in [6.07, 6.45) is 3.24. The van der Waals surface area contributed by atoms with Gasteiger partial charge in [-0.15, -0.1) is 0 Å². The second kappa shape index (κ2) is 6.86. The van der Waals surface area contributed by atoms with Crippen molar-refractivity contribution >= 4 is 12.0 Å². The van der Waals surface area contributed by atoms with Crippen LogP contribution < -0.4 is 5.32 Å². The van der Waals surface area contributed by atoms with Crippen molar-refractivity contribution < 1.29 is 9.90 Å². The summed E-state index contributed by atoms with van der Waals surface area (Å²) in [7, 11) is 0. The average Bonchev–Trinajstić information content (AvgIpc) is 2.34. The van der Waals surface area contributed by atoms with Gasteiger partial charge in [0.2, 0.25) is 5.91 Å². The van der Waals surface area contributed by atoms with Crippen molar-refractivity contribution in [3.8, 4) is 0 Å². The van der Waals surface area contributed by atoms with Gasteiger partial charge in [0.25, 0.3) is 0 Å². The molecular weight excluding hydrogens is 214 g/mol. The Bertz CT molecular complexity index is 371. The molecule has 1 rings (SSSR count). The fourth-order valence-electron chi connectivity index (χ4n) is 1.39. The Morgan fingerprint density at radius 1 is 1.35 bits per heavy atom. The molecule has 1 amide bonds. The fourth-order valence-corrected chi connectivity index (χ4v) is 1.39. The van der Waals surface area contributed by atoms with Crippen molar-refractivity contribution in [1.29, 1.82) is 0 Å². The first-order chi connectivity index (χ1) is 8.13.